The van der Waals surface area contributed by atoms with E-state index in [4.69, 9.17) is 4.74 Å². The van der Waals surface area contributed by atoms with Gasteiger partial charge in [-0.25, -0.2) is 14.4 Å². The first-order valence-electron chi connectivity index (χ1n) is 8.01. The summed E-state index contributed by atoms with van der Waals surface area (Å²) >= 11 is 0. The zero-order valence-corrected chi connectivity index (χ0v) is 13.6. The lowest BCUT2D eigenvalue weighted by Gasteiger charge is -2.06. The van der Waals surface area contributed by atoms with Crippen LogP contribution in [0.5, 0.6) is 5.75 Å². The number of ether oxygens (including phenoxy) is 1. The fourth-order valence-electron chi connectivity index (χ4n) is 2.86. The van der Waals surface area contributed by atoms with E-state index in [1.54, 1.807) is 30.3 Å². The second-order valence-corrected chi connectivity index (χ2v) is 5.93. The van der Waals surface area contributed by atoms with Crippen LogP contribution in [0.1, 0.15) is 32.1 Å². The number of hydrogen-bond donors (Lipinski definition) is 0. The molecule has 1 aliphatic heterocycles. The summed E-state index contributed by atoms with van der Waals surface area (Å²) in [6, 6.07) is 13.0. The van der Waals surface area contributed by atoms with E-state index < -0.39 is 17.7 Å². The van der Waals surface area contributed by atoms with Gasteiger partial charge in [0.2, 0.25) is 23.5 Å². The molecule has 0 aliphatic carbocycles. The molecule has 0 fully saturated rings. The number of hydrogen-bond acceptors (Lipinski definition) is 5. The van der Waals surface area contributed by atoms with E-state index in [9.17, 15) is 14.0 Å². The molecule has 0 spiro atoms. The van der Waals surface area contributed by atoms with Gasteiger partial charge in [-0.3, -0.25) is 9.59 Å². The number of halogens is 1. The fourth-order valence-corrected chi connectivity index (χ4v) is 2.86. The highest BCUT2D eigenvalue weighted by Gasteiger charge is 2.39. The molecule has 3 aromatic rings. The summed E-state index contributed by atoms with van der Waals surface area (Å²) < 4.78 is 18.5. The third-order valence-corrected chi connectivity index (χ3v) is 4.14. The highest BCUT2D eigenvalue weighted by Crippen LogP contribution is 2.31. The van der Waals surface area contributed by atoms with Crippen molar-refractivity contribution < 1.29 is 18.7 Å². The molecule has 5 nitrogen and oxygen atoms in total. The number of rotatable bonds is 4. The molecule has 128 valence electrons. The molecule has 0 N–H and O–H groups in total. The Morgan fingerprint density at radius 3 is 2.46 bits per heavy atom. The lowest BCUT2D eigenvalue weighted by Crippen LogP contribution is -2.32. The van der Waals surface area contributed by atoms with Crippen molar-refractivity contribution in [1.29, 1.82) is 0 Å². The van der Waals surface area contributed by atoms with E-state index in [2.05, 4.69) is 9.97 Å². The van der Waals surface area contributed by atoms with E-state index in [0.29, 0.717) is 17.7 Å². The molecule has 0 amide bonds. The van der Waals surface area contributed by atoms with Crippen LogP contribution < -0.4 is 4.74 Å². The Bertz CT molecular complexity index is 988. The predicted octanol–water partition coefficient (Wildman–Crippen LogP) is 3.03. The summed E-state index contributed by atoms with van der Waals surface area (Å²) in [4.78, 5) is 32.8. The van der Waals surface area contributed by atoms with Crippen LogP contribution in [0.3, 0.4) is 0 Å². The summed E-state index contributed by atoms with van der Waals surface area (Å²) in [6.45, 7) is 0. The minimum Gasteiger partial charge on any atom is -0.473 e. The highest BCUT2D eigenvalue weighted by atomic mass is 19.1. The van der Waals surface area contributed by atoms with Crippen LogP contribution in [-0.2, 0) is 6.42 Å². The maximum Gasteiger partial charge on any atom is 0.248 e. The Kier molecular flexibility index (Phi) is 4.01. The molecule has 1 unspecified atom stereocenters. The van der Waals surface area contributed by atoms with Crippen molar-refractivity contribution in [2.45, 2.75) is 12.5 Å². The first-order chi connectivity index (χ1) is 12.6. The molecule has 2 aromatic carbocycles. The molecular formula is C20H13FN2O3. The van der Waals surface area contributed by atoms with Gasteiger partial charge in [0.25, 0.3) is 0 Å². The van der Waals surface area contributed by atoms with Gasteiger partial charge in [0.1, 0.15) is 11.6 Å². The molecule has 0 saturated heterocycles. The maximum atomic E-state index is 13.0. The molecule has 0 saturated carbocycles. The number of ketones is 2. The van der Waals surface area contributed by atoms with Gasteiger partial charge in [0, 0.05) is 12.4 Å². The zero-order chi connectivity index (χ0) is 18.1. The van der Waals surface area contributed by atoms with E-state index in [0.717, 1.165) is 11.1 Å². The Morgan fingerprint density at radius 2 is 1.73 bits per heavy atom. The van der Waals surface area contributed by atoms with Crippen molar-refractivity contribution >= 4 is 11.6 Å². The average molecular weight is 348 g/mol. The van der Waals surface area contributed by atoms with Crippen LogP contribution in [0, 0.1) is 5.82 Å². The summed E-state index contributed by atoms with van der Waals surface area (Å²) in [5, 5.41) is 0. The average Bonchev–Trinajstić information content (AvgIpc) is 3.00. The van der Waals surface area contributed by atoms with Gasteiger partial charge in [0.15, 0.2) is 0 Å². The highest BCUT2D eigenvalue weighted by molar-refractivity contribution is 6.20. The van der Waals surface area contributed by atoms with E-state index in [1.807, 2.05) is 6.07 Å². The molecule has 1 aliphatic rings. The van der Waals surface area contributed by atoms with Crippen LogP contribution in [0.25, 0.3) is 0 Å². The first kappa shape index (κ1) is 16.1. The van der Waals surface area contributed by atoms with Crippen LogP contribution >= 0.6 is 0 Å². The van der Waals surface area contributed by atoms with Crippen molar-refractivity contribution in [3.8, 4) is 5.75 Å². The number of fused-ring (bicyclic) bond motifs is 1. The standard InChI is InChI=1S/C20H13FN2O3/c21-14-5-2-12(3-6-14)10-13-4-7-16-15(11-13)17(24)19(26-16)18(25)20-22-8-1-9-23-20/h1-9,11,19H,10H2. The Hall–Kier alpha value is -3.41. The number of carbonyl (C=O) groups is 2. The fraction of sp³-hybridized carbons (Fsp3) is 0.100. The topological polar surface area (TPSA) is 69.2 Å². The second kappa shape index (κ2) is 6.48. The first-order valence-corrected chi connectivity index (χ1v) is 8.01. The second-order valence-electron chi connectivity index (χ2n) is 5.93. The van der Waals surface area contributed by atoms with Gasteiger partial charge < -0.3 is 4.74 Å². The third kappa shape index (κ3) is 2.97. The number of carbonyl (C=O) groups excluding carboxylic acids is 2. The minimum atomic E-state index is -1.26. The molecule has 4 rings (SSSR count). The molecule has 1 atom stereocenters. The number of benzene rings is 2. The molecule has 0 radical (unpaired) electrons. The number of Topliss-reactive ketones (excluding diaryl/α,β-unsaturated/α-hetero) is 2. The van der Waals surface area contributed by atoms with E-state index in [1.165, 1.54) is 24.5 Å². The van der Waals surface area contributed by atoms with Gasteiger partial charge >= 0.3 is 0 Å². The molecule has 26 heavy (non-hydrogen) atoms. The lowest BCUT2D eigenvalue weighted by molar-refractivity contribution is 0.0713. The largest absolute Gasteiger partial charge is 0.473 e. The van der Waals surface area contributed by atoms with Gasteiger partial charge in [-0.2, -0.15) is 0 Å². The van der Waals surface area contributed by atoms with Crippen LogP contribution in [0.4, 0.5) is 4.39 Å². The van der Waals surface area contributed by atoms with Gasteiger partial charge in [0.05, 0.1) is 5.56 Å². The summed E-state index contributed by atoms with van der Waals surface area (Å²) in [5.74, 6) is -0.946. The molecule has 1 aromatic heterocycles. The molecule has 2 heterocycles. The van der Waals surface area contributed by atoms with Crippen molar-refractivity contribution in [3.05, 3.63) is 89.3 Å². The Morgan fingerprint density at radius 1 is 1.04 bits per heavy atom. The molecule has 6 heteroatoms. The normalized spacial score (nSPS) is 15.4. The number of aromatic nitrogens is 2. The van der Waals surface area contributed by atoms with E-state index >= 15 is 0 Å². The van der Waals surface area contributed by atoms with Gasteiger partial charge in [-0.15, -0.1) is 0 Å². The number of nitrogens with zero attached hydrogens (tertiary/aromatic N) is 2. The maximum absolute atomic E-state index is 13.0. The van der Waals surface area contributed by atoms with Crippen molar-refractivity contribution in [2.24, 2.45) is 0 Å². The monoisotopic (exact) mass is 348 g/mol. The third-order valence-electron chi connectivity index (χ3n) is 4.14. The summed E-state index contributed by atoms with van der Waals surface area (Å²) in [5.41, 5.74) is 2.15. The van der Waals surface area contributed by atoms with Crippen molar-refractivity contribution in [2.75, 3.05) is 0 Å². The molecule has 0 bridgehead atoms. The van der Waals surface area contributed by atoms with Gasteiger partial charge in [-0.1, -0.05) is 18.2 Å². The zero-order valence-electron chi connectivity index (χ0n) is 13.6. The quantitative estimate of drug-likeness (QED) is 0.535. The smallest absolute Gasteiger partial charge is 0.248 e. The Labute approximate surface area is 148 Å². The Balaban J connectivity index is 1.57. The summed E-state index contributed by atoms with van der Waals surface area (Å²) in [7, 11) is 0. The summed E-state index contributed by atoms with van der Waals surface area (Å²) in [6.07, 6.45) is 2.16. The lowest BCUT2D eigenvalue weighted by atomic mass is 9.99. The van der Waals surface area contributed by atoms with Crippen molar-refractivity contribution in [3.63, 3.8) is 0 Å². The van der Waals surface area contributed by atoms with Crippen LogP contribution in [-0.4, -0.2) is 27.6 Å². The van der Waals surface area contributed by atoms with Crippen LogP contribution in [0.2, 0.25) is 0 Å². The van der Waals surface area contributed by atoms with Gasteiger partial charge in [-0.05, 0) is 47.9 Å². The predicted molar refractivity (Wildman–Crippen MR) is 90.8 cm³/mol. The van der Waals surface area contributed by atoms with Crippen molar-refractivity contribution in [1.82, 2.24) is 9.97 Å². The minimum absolute atomic E-state index is 0.0507. The molecular weight excluding hydrogens is 335 g/mol. The SMILES string of the molecule is O=C(c1ncccn1)C1Oc2ccc(Cc3ccc(F)cc3)cc2C1=O. The van der Waals surface area contributed by atoms with E-state index in [-0.39, 0.29) is 11.6 Å². The van der Waals surface area contributed by atoms with Crippen LogP contribution in [0.15, 0.2) is 60.9 Å².